The summed E-state index contributed by atoms with van der Waals surface area (Å²) in [5.74, 6) is 0.939. The van der Waals surface area contributed by atoms with Gasteiger partial charge in [0.2, 0.25) is 0 Å². The fourth-order valence-electron chi connectivity index (χ4n) is 3.60. The predicted molar refractivity (Wildman–Crippen MR) is 125 cm³/mol. The molecule has 0 spiro atoms. The molecule has 0 unspecified atom stereocenters. The van der Waals surface area contributed by atoms with Gasteiger partial charge < -0.3 is 10.2 Å². The number of guanidine groups is 1. The van der Waals surface area contributed by atoms with Crippen molar-refractivity contribution in [3.63, 3.8) is 0 Å². The van der Waals surface area contributed by atoms with Gasteiger partial charge in [-0.15, -0.1) is 35.7 Å². The number of halogens is 1. The number of benzene rings is 1. The quantitative estimate of drug-likeness (QED) is 0.369. The monoisotopic (exact) mass is 499 g/mol. The minimum atomic E-state index is 0. The Hall–Kier alpha value is -1.22. The number of aromatic nitrogens is 2. The number of aliphatic imine (C=N–C) groups is 1. The highest BCUT2D eigenvalue weighted by atomic mass is 127. The molecule has 0 amide bonds. The zero-order chi connectivity index (χ0) is 18.4. The SMILES string of the molecule is CN=C(NCC1(Sc2ccccc2)CCCC1)N(C)Cc1cnn(C)c1.I. The smallest absolute Gasteiger partial charge is 0.193 e. The first kappa shape index (κ1) is 22.1. The van der Waals surface area contributed by atoms with E-state index in [9.17, 15) is 0 Å². The second-order valence-electron chi connectivity index (χ2n) is 7.08. The zero-order valence-corrected chi connectivity index (χ0v) is 19.5. The van der Waals surface area contributed by atoms with E-state index in [1.165, 1.54) is 36.1 Å². The van der Waals surface area contributed by atoms with Crippen LogP contribution in [0.15, 0.2) is 52.6 Å². The van der Waals surface area contributed by atoms with Gasteiger partial charge in [-0.05, 0) is 25.0 Å². The van der Waals surface area contributed by atoms with Crippen LogP contribution in [0.1, 0.15) is 31.2 Å². The van der Waals surface area contributed by atoms with Crippen molar-refractivity contribution in [2.24, 2.45) is 12.0 Å². The Balaban J connectivity index is 0.00000261. The molecule has 0 aliphatic heterocycles. The molecule has 27 heavy (non-hydrogen) atoms. The lowest BCUT2D eigenvalue weighted by atomic mass is 10.1. The maximum absolute atomic E-state index is 4.49. The number of hydrogen-bond acceptors (Lipinski definition) is 3. The van der Waals surface area contributed by atoms with Gasteiger partial charge in [0.05, 0.1) is 6.20 Å². The van der Waals surface area contributed by atoms with E-state index in [2.05, 4.69) is 57.7 Å². The summed E-state index contributed by atoms with van der Waals surface area (Å²) in [7, 11) is 5.88. The highest BCUT2D eigenvalue weighted by molar-refractivity contribution is 14.0. The van der Waals surface area contributed by atoms with E-state index >= 15 is 0 Å². The van der Waals surface area contributed by atoms with E-state index in [-0.39, 0.29) is 28.7 Å². The van der Waals surface area contributed by atoms with E-state index < -0.39 is 0 Å². The van der Waals surface area contributed by atoms with Crippen molar-refractivity contribution >= 4 is 41.7 Å². The van der Waals surface area contributed by atoms with E-state index in [0.717, 1.165) is 19.0 Å². The molecule has 0 atom stereocenters. The van der Waals surface area contributed by atoms with Crippen molar-refractivity contribution in [1.29, 1.82) is 0 Å². The maximum atomic E-state index is 4.49. The molecule has 1 aliphatic rings. The average molecular weight is 499 g/mol. The third-order valence-electron chi connectivity index (χ3n) is 4.91. The predicted octanol–water partition coefficient (Wildman–Crippen LogP) is 4.15. The van der Waals surface area contributed by atoms with Gasteiger partial charge in [-0.25, -0.2) is 0 Å². The third-order valence-corrected chi connectivity index (χ3v) is 6.41. The average Bonchev–Trinajstić information content (AvgIpc) is 3.26. The Morgan fingerprint density at radius 2 is 2.00 bits per heavy atom. The summed E-state index contributed by atoms with van der Waals surface area (Å²) in [6, 6.07) is 10.8. The molecule has 1 fully saturated rings. The number of nitrogens with one attached hydrogen (secondary N) is 1. The molecular formula is C20H30IN5S. The van der Waals surface area contributed by atoms with E-state index in [1.807, 2.05) is 42.9 Å². The molecule has 5 nitrogen and oxygen atoms in total. The number of aryl methyl sites for hydroxylation is 1. The summed E-state index contributed by atoms with van der Waals surface area (Å²) in [5, 5.41) is 7.88. The molecule has 2 aromatic rings. The molecule has 1 aliphatic carbocycles. The first-order valence-electron chi connectivity index (χ1n) is 9.24. The van der Waals surface area contributed by atoms with Crippen LogP contribution in [0.2, 0.25) is 0 Å². The molecule has 148 valence electrons. The number of hydrogen-bond donors (Lipinski definition) is 1. The van der Waals surface area contributed by atoms with Crippen LogP contribution in [0.4, 0.5) is 0 Å². The van der Waals surface area contributed by atoms with Crippen LogP contribution in [0.25, 0.3) is 0 Å². The van der Waals surface area contributed by atoms with Crippen LogP contribution < -0.4 is 5.32 Å². The van der Waals surface area contributed by atoms with Gasteiger partial charge >= 0.3 is 0 Å². The zero-order valence-electron chi connectivity index (χ0n) is 16.4. The Morgan fingerprint density at radius 3 is 2.59 bits per heavy atom. The molecule has 1 saturated carbocycles. The molecule has 0 radical (unpaired) electrons. The van der Waals surface area contributed by atoms with Gasteiger partial charge in [0.15, 0.2) is 5.96 Å². The normalized spacial score (nSPS) is 16.0. The minimum absolute atomic E-state index is 0. The lowest BCUT2D eigenvalue weighted by molar-refractivity contribution is 0.466. The van der Waals surface area contributed by atoms with Crippen LogP contribution >= 0.6 is 35.7 Å². The molecule has 1 N–H and O–H groups in total. The molecule has 3 rings (SSSR count). The van der Waals surface area contributed by atoms with Crippen molar-refractivity contribution in [2.75, 3.05) is 20.6 Å². The van der Waals surface area contributed by atoms with Crippen LogP contribution in [0.5, 0.6) is 0 Å². The van der Waals surface area contributed by atoms with Gasteiger partial charge in [-0.1, -0.05) is 31.0 Å². The lowest BCUT2D eigenvalue weighted by Gasteiger charge is -2.31. The van der Waals surface area contributed by atoms with Crippen molar-refractivity contribution in [3.05, 3.63) is 48.3 Å². The Kier molecular flexibility index (Phi) is 8.47. The Bertz CT molecular complexity index is 725. The first-order valence-corrected chi connectivity index (χ1v) is 10.1. The highest BCUT2D eigenvalue weighted by Crippen LogP contribution is 2.44. The first-order chi connectivity index (χ1) is 12.6. The van der Waals surface area contributed by atoms with Crippen LogP contribution in [0, 0.1) is 0 Å². The third kappa shape index (κ3) is 6.14. The standard InChI is InChI=1S/C20H29N5S.HI/c1-21-19(24(2)14-17-13-23-25(3)15-17)22-16-20(11-7-8-12-20)26-18-9-5-4-6-10-18;/h4-6,9-10,13,15H,7-8,11-12,14,16H2,1-3H3,(H,21,22);1H. The van der Waals surface area contributed by atoms with Crippen molar-refractivity contribution in [1.82, 2.24) is 20.0 Å². The summed E-state index contributed by atoms with van der Waals surface area (Å²) in [6.07, 6.45) is 9.09. The van der Waals surface area contributed by atoms with Crippen LogP contribution in [-0.4, -0.2) is 46.0 Å². The molecule has 0 bridgehead atoms. The summed E-state index contributed by atoms with van der Waals surface area (Å²) >= 11 is 2.02. The lowest BCUT2D eigenvalue weighted by Crippen LogP contribution is -2.45. The fourth-order valence-corrected chi connectivity index (χ4v) is 5.03. The van der Waals surface area contributed by atoms with Crippen molar-refractivity contribution < 1.29 is 0 Å². The molecule has 7 heteroatoms. The number of thioether (sulfide) groups is 1. The van der Waals surface area contributed by atoms with Crippen LogP contribution in [-0.2, 0) is 13.6 Å². The molecule has 1 heterocycles. The summed E-state index contributed by atoms with van der Waals surface area (Å²) < 4.78 is 2.09. The van der Waals surface area contributed by atoms with Gasteiger partial charge in [-0.2, -0.15) is 5.10 Å². The Labute approximate surface area is 184 Å². The van der Waals surface area contributed by atoms with Crippen LogP contribution in [0.3, 0.4) is 0 Å². The van der Waals surface area contributed by atoms with Gasteiger partial charge in [0.1, 0.15) is 0 Å². The second-order valence-corrected chi connectivity index (χ2v) is 8.63. The molecule has 1 aromatic carbocycles. The molecule has 0 saturated heterocycles. The van der Waals surface area contributed by atoms with E-state index in [4.69, 9.17) is 0 Å². The minimum Gasteiger partial charge on any atom is -0.355 e. The van der Waals surface area contributed by atoms with Gasteiger partial charge in [0, 0.05) is 55.6 Å². The fraction of sp³-hybridized carbons (Fsp3) is 0.500. The second kappa shape index (κ2) is 10.4. The molecular weight excluding hydrogens is 469 g/mol. The van der Waals surface area contributed by atoms with Crippen molar-refractivity contribution in [3.8, 4) is 0 Å². The largest absolute Gasteiger partial charge is 0.355 e. The van der Waals surface area contributed by atoms with Gasteiger partial charge in [0.25, 0.3) is 0 Å². The summed E-state index contributed by atoms with van der Waals surface area (Å²) in [6.45, 7) is 1.74. The molecule has 1 aromatic heterocycles. The number of rotatable bonds is 6. The summed E-state index contributed by atoms with van der Waals surface area (Å²) in [4.78, 5) is 8.00. The topological polar surface area (TPSA) is 45.5 Å². The van der Waals surface area contributed by atoms with Crippen molar-refractivity contribution in [2.45, 2.75) is 41.9 Å². The Morgan fingerprint density at radius 1 is 1.30 bits per heavy atom. The maximum Gasteiger partial charge on any atom is 0.193 e. The van der Waals surface area contributed by atoms with E-state index in [0.29, 0.717) is 0 Å². The summed E-state index contributed by atoms with van der Waals surface area (Å²) in [5.41, 5.74) is 1.19. The number of nitrogens with zero attached hydrogens (tertiary/aromatic N) is 4. The highest BCUT2D eigenvalue weighted by Gasteiger charge is 2.35. The van der Waals surface area contributed by atoms with Gasteiger partial charge in [-0.3, -0.25) is 9.67 Å². The van der Waals surface area contributed by atoms with E-state index in [1.54, 1.807) is 0 Å².